The molecule has 1 aromatic heterocycles. The zero-order chi connectivity index (χ0) is 13.8. The first-order chi connectivity index (χ1) is 9.06. The van der Waals surface area contributed by atoms with E-state index in [-0.39, 0.29) is 11.8 Å². The maximum atomic E-state index is 13.7. The van der Waals surface area contributed by atoms with E-state index < -0.39 is 6.04 Å². The largest absolute Gasteiger partial charge is 0.331 e. The zero-order valence-corrected chi connectivity index (χ0v) is 12.5. The van der Waals surface area contributed by atoms with Gasteiger partial charge >= 0.3 is 6.03 Å². The van der Waals surface area contributed by atoms with Crippen LogP contribution in [0.3, 0.4) is 0 Å². The molecule has 3 nitrogen and oxygen atoms in total. The molecule has 19 heavy (non-hydrogen) atoms. The van der Waals surface area contributed by atoms with E-state index in [0.717, 1.165) is 5.69 Å². The second-order valence-corrected chi connectivity index (χ2v) is 5.69. The molecule has 6 heteroatoms. The minimum absolute atomic E-state index is 0.349. The number of thiophene rings is 1. The average Bonchev–Trinajstić information content (AvgIpc) is 2.81. The Labute approximate surface area is 123 Å². The predicted molar refractivity (Wildman–Crippen MR) is 79.0 cm³/mol. The van der Waals surface area contributed by atoms with Crippen LogP contribution >= 0.6 is 27.3 Å². The highest BCUT2D eigenvalue weighted by Gasteiger charge is 2.13. The normalized spacial score (nSPS) is 11.9. The lowest BCUT2D eigenvalue weighted by Crippen LogP contribution is -2.31. The Balaban J connectivity index is 2.00. The fourth-order valence-electron chi connectivity index (χ4n) is 1.63. The van der Waals surface area contributed by atoms with Gasteiger partial charge in [-0.15, -0.1) is 0 Å². The van der Waals surface area contributed by atoms with Gasteiger partial charge < -0.3 is 10.6 Å². The van der Waals surface area contributed by atoms with Gasteiger partial charge in [-0.25, -0.2) is 9.18 Å². The quantitative estimate of drug-likeness (QED) is 0.845. The highest BCUT2D eigenvalue weighted by atomic mass is 79.9. The minimum Gasteiger partial charge on any atom is -0.331 e. The van der Waals surface area contributed by atoms with Crippen LogP contribution in [0.1, 0.15) is 18.5 Å². The van der Waals surface area contributed by atoms with Gasteiger partial charge in [0.25, 0.3) is 0 Å². The van der Waals surface area contributed by atoms with Crippen LogP contribution in [-0.2, 0) is 0 Å². The van der Waals surface area contributed by atoms with Crippen molar-refractivity contribution in [2.45, 2.75) is 13.0 Å². The molecule has 1 atom stereocenters. The number of halogens is 2. The van der Waals surface area contributed by atoms with Crippen LogP contribution in [-0.4, -0.2) is 6.03 Å². The summed E-state index contributed by atoms with van der Waals surface area (Å²) in [4.78, 5) is 11.7. The topological polar surface area (TPSA) is 41.1 Å². The SMILES string of the molecule is C[C@@H](NC(=O)Nc1ccsc1)c1ccc(Br)cc1F. The molecule has 2 amide bonds. The Hall–Kier alpha value is -1.40. The second kappa shape index (κ2) is 6.16. The lowest BCUT2D eigenvalue weighted by molar-refractivity contribution is 0.249. The van der Waals surface area contributed by atoms with Crippen LogP contribution in [0.15, 0.2) is 39.5 Å². The van der Waals surface area contributed by atoms with E-state index in [2.05, 4.69) is 26.6 Å². The summed E-state index contributed by atoms with van der Waals surface area (Å²) in [5.74, 6) is -0.349. The molecule has 2 rings (SSSR count). The molecule has 0 radical (unpaired) electrons. The summed E-state index contributed by atoms with van der Waals surface area (Å²) in [6, 6.07) is 5.81. The second-order valence-electron chi connectivity index (χ2n) is 4.00. The van der Waals surface area contributed by atoms with Gasteiger partial charge in [0.15, 0.2) is 0 Å². The summed E-state index contributed by atoms with van der Waals surface area (Å²) >= 11 is 4.69. The number of benzene rings is 1. The third kappa shape index (κ3) is 3.78. The van der Waals surface area contributed by atoms with Crippen LogP contribution < -0.4 is 10.6 Å². The number of rotatable bonds is 3. The standard InChI is InChI=1S/C13H12BrFN2OS/c1-8(11-3-2-9(14)6-12(11)15)16-13(18)17-10-4-5-19-7-10/h2-8H,1H3,(H2,16,17,18)/t8-/m1/s1. The van der Waals surface area contributed by atoms with Crippen molar-refractivity contribution in [1.29, 1.82) is 0 Å². The number of carbonyl (C=O) groups is 1. The predicted octanol–water partition coefficient (Wildman–Crippen LogP) is 4.53. The molecule has 0 saturated heterocycles. The van der Waals surface area contributed by atoms with E-state index in [9.17, 15) is 9.18 Å². The van der Waals surface area contributed by atoms with Crippen molar-refractivity contribution in [3.8, 4) is 0 Å². The van der Waals surface area contributed by atoms with Crippen molar-refractivity contribution >= 4 is 39.0 Å². The van der Waals surface area contributed by atoms with Crippen molar-refractivity contribution in [1.82, 2.24) is 5.32 Å². The molecule has 0 unspecified atom stereocenters. The molecule has 1 heterocycles. The molecular weight excluding hydrogens is 331 g/mol. The Morgan fingerprint density at radius 2 is 2.21 bits per heavy atom. The van der Waals surface area contributed by atoms with E-state index >= 15 is 0 Å². The first-order valence-corrected chi connectivity index (χ1v) is 7.34. The smallest absolute Gasteiger partial charge is 0.319 e. The van der Waals surface area contributed by atoms with Gasteiger partial charge in [0.2, 0.25) is 0 Å². The van der Waals surface area contributed by atoms with Crippen LogP contribution in [0.2, 0.25) is 0 Å². The molecule has 0 fully saturated rings. The highest BCUT2D eigenvalue weighted by Crippen LogP contribution is 2.21. The number of anilines is 1. The van der Waals surface area contributed by atoms with Crippen molar-refractivity contribution in [3.05, 3.63) is 50.9 Å². The van der Waals surface area contributed by atoms with Crippen LogP contribution in [0.4, 0.5) is 14.9 Å². The molecule has 100 valence electrons. The highest BCUT2D eigenvalue weighted by molar-refractivity contribution is 9.10. The molecule has 0 aliphatic heterocycles. The Bertz CT molecular complexity index is 574. The Morgan fingerprint density at radius 3 is 2.84 bits per heavy atom. The summed E-state index contributed by atoms with van der Waals surface area (Å²) in [5, 5.41) is 9.07. The average molecular weight is 343 g/mol. The van der Waals surface area contributed by atoms with E-state index in [1.165, 1.54) is 17.4 Å². The van der Waals surface area contributed by atoms with Gasteiger partial charge in [0.05, 0.1) is 11.7 Å². The van der Waals surface area contributed by atoms with Crippen LogP contribution in [0.5, 0.6) is 0 Å². The number of hydrogen-bond acceptors (Lipinski definition) is 2. The minimum atomic E-state index is -0.410. The van der Waals surface area contributed by atoms with E-state index in [1.807, 2.05) is 10.8 Å². The number of amides is 2. The Kier molecular flexibility index (Phi) is 4.55. The van der Waals surface area contributed by atoms with Gasteiger partial charge in [-0.05, 0) is 30.5 Å². The number of hydrogen-bond donors (Lipinski definition) is 2. The van der Waals surface area contributed by atoms with Gasteiger partial charge in [-0.3, -0.25) is 0 Å². The lowest BCUT2D eigenvalue weighted by Gasteiger charge is -2.15. The summed E-state index contributed by atoms with van der Waals surface area (Å²) < 4.78 is 14.4. The van der Waals surface area contributed by atoms with Crippen LogP contribution in [0.25, 0.3) is 0 Å². The fourth-order valence-corrected chi connectivity index (χ4v) is 2.55. The van der Waals surface area contributed by atoms with Crippen molar-refractivity contribution in [2.75, 3.05) is 5.32 Å². The molecule has 0 aliphatic rings. The Morgan fingerprint density at radius 1 is 1.42 bits per heavy atom. The van der Waals surface area contributed by atoms with Gasteiger partial charge in [0.1, 0.15) is 5.82 Å². The molecule has 1 aromatic carbocycles. The molecule has 0 aliphatic carbocycles. The van der Waals surface area contributed by atoms with Gasteiger partial charge in [0, 0.05) is 15.4 Å². The molecule has 2 aromatic rings. The van der Waals surface area contributed by atoms with E-state index in [4.69, 9.17) is 0 Å². The monoisotopic (exact) mass is 342 g/mol. The fraction of sp³-hybridized carbons (Fsp3) is 0.154. The third-order valence-corrected chi connectivity index (χ3v) is 3.73. The molecule has 0 bridgehead atoms. The summed E-state index contributed by atoms with van der Waals surface area (Å²) in [6.07, 6.45) is 0. The molecule has 2 N–H and O–H groups in total. The number of urea groups is 1. The molecule has 0 saturated carbocycles. The van der Waals surface area contributed by atoms with Crippen molar-refractivity contribution in [2.24, 2.45) is 0 Å². The summed E-state index contributed by atoms with van der Waals surface area (Å²) in [5.41, 5.74) is 1.18. The van der Waals surface area contributed by atoms with Crippen LogP contribution in [0, 0.1) is 5.82 Å². The van der Waals surface area contributed by atoms with Crippen molar-refractivity contribution < 1.29 is 9.18 Å². The van der Waals surface area contributed by atoms with E-state index in [0.29, 0.717) is 10.0 Å². The molecular formula is C13H12BrFN2OS. The third-order valence-electron chi connectivity index (χ3n) is 2.56. The maximum Gasteiger partial charge on any atom is 0.319 e. The lowest BCUT2D eigenvalue weighted by atomic mass is 10.1. The maximum absolute atomic E-state index is 13.7. The number of nitrogens with one attached hydrogen (secondary N) is 2. The first-order valence-electron chi connectivity index (χ1n) is 5.61. The zero-order valence-electron chi connectivity index (χ0n) is 10.1. The van der Waals surface area contributed by atoms with Crippen molar-refractivity contribution in [3.63, 3.8) is 0 Å². The van der Waals surface area contributed by atoms with Gasteiger partial charge in [-0.2, -0.15) is 11.3 Å². The summed E-state index contributed by atoms with van der Waals surface area (Å²) in [6.45, 7) is 1.74. The molecule has 0 spiro atoms. The van der Waals surface area contributed by atoms with Gasteiger partial charge in [-0.1, -0.05) is 22.0 Å². The first kappa shape index (κ1) is 14.0. The van der Waals surface area contributed by atoms with E-state index in [1.54, 1.807) is 25.1 Å². The summed E-state index contributed by atoms with van der Waals surface area (Å²) in [7, 11) is 0. The number of carbonyl (C=O) groups excluding carboxylic acids is 1.